The summed E-state index contributed by atoms with van der Waals surface area (Å²) in [6.45, 7) is 1.38. The number of aromatic nitrogens is 3. The van der Waals surface area contributed by atoms with Crippen LogP contribution in [0, 0.1) is 0 Å². The van der Waals surface area contributed by atoms with Crippen molar-refractivity contribution in [1.82, 2.24) is 15.2 Å². The number of nitrogens with zero attached hydrogens (tertiary/aromatic N) is 3. The van der Waals surface area contributed by atoms with Crippen molar-refractivity contribution >= 4 is 38.1 Å². The van der Waals surface area contributed by atoms with E-state index in [1.165, 1.54) is 31.2 Å². The molecule has 0 spiro atoms. The molecule has 0 bridgehead atoms. The number of carbonyl (C=O) groups is 1. The highest BCUT2D eigenvalue weighted by Crippen LogP contribution is 2.27. The Hall–Kier alpha value is -2.85. The topological polar surface area (TPSA) is 114 Å². The number of rotatable bonds is 5. The molecule has 0 saturated carbocycles. The van der Waals surface area contributed by atoms with Crippen molar-refractivity contribution in [3.63, 3.8) is 0 Å². The summed E-state index contributed by atoms with van der Waals surface area (Å²) in [4.78, 5) is 15.0. The van der Waals surface area contributed by atoms with Crippen LogP contribution in [0.4, 0.5) is 10.8 Å². The fourth-order valence-corrected chi connectivity index (χ4v) is 3.95. The fraction of sp³-hybridized carbons (Fsp3) is 0.0667. The number of pyridine rings is 1. The van der Waals surface area contributed by atoms with Gasteiger partial charge < -0.3 is 5.32 Å². The first kappa shape index (κ1) is 17.0. The van der Waals surface area contributed by atoms with Crippen LogP contribution in [0.5, 0.6) is 0 Å². The number of hydrogen-bond acceptors (Lipinski definition) is 7. The van der Waals surface area contributed by atoms with E-state index in [1.807, 2.05) is 0 Å². The Morgan fingerprint density at radius 1 is 1.04 bits per heavy atom. The molecule has 3 rings (SSSR count). The van der Waals surface area contributed by atoms with E-state index in [0.29, 0.717) is 10.7 Å². The molecule has 2 N–H and O–H groups in total. The molecule has 128 valence electrons. The Morgan fingerprint density at radius 3 is 2.36 bits per heavy atom. The van der Waals surface area contributed by atoms with E-state index < -0.39 is 10.0 Å². The second kappa shape index (κ2) is 6.95. The number of anilines is 2. The maximum absolute atomic E-state index is 12.4. The number of carbonyl (C=O) groups excluding carboxylic acids is 1. The summed E-state index contributed by atoms with van der Waals surface area (Å²) in [6, 6.07) is 9.35. The number of amides is 1. The molecule has 0 aliphatic heterocycles. The Kier molecular flexibility index (Phi) is 4.72. The second-order valence-electron chi connectivity index (χ2n) is 4.96. The zero-order valence-electron chi connectivity index (χ0n) is 13.0. The minimum absolute atomic E-state index is 0.0577. The lowest BCUT2D eigenvalue weighted by atomic mass is 10.3. The highest BCUT2D eigenvalue weighted by atomic mass is 32.2. The zero-order chi connectivity index (χ0) is 17.9. The summed E-state index contributed by atoms with van der Waals surface area (Å²) < 4.78 is 27.2. The highest BCUT2D eigenvalue weighted by Gasteiger charge is 2.17. The summed E-state index contributed by atoms with van der Waals surface area (Å²) >= 11 is 1.12. The Bertz CT molecular complexity index is 986. The molecular formula is C15H13N5O3S2. The molecule has 0 atom stereocenters. The average molecular weight is 375 g/mol. The molecule has 3 aromatic rings. The van der Waals surface area contributed by atoms with Gasteiger partial charge in [-0.05, 0) is 36.4 Å². The maximum atomic E-state index is 12.4. The van der Waals surface area contributed by atoms with Gasteiger partial charge >= 0.3 is 0 Å². The minimum Gasteiger partial charge on any atom is -0.326 e. The van der Waals surface area contributed by atoms with Crippen LogP contribution in [0.1, 0.15) is 6.92 Å². The van der Waals surface area contributed by atoms with Crippen molar-refractivity contribution in [2.45, 2.75) is 11.8 Å². The van der Waals surface area contributed by atoms with Crippen molar-refractivity contribution < 1.29 is 13.2 Å². The Labute approximate surface area is 148 Å². The van der Waals surface area contributed by atoms with E-state index in [2.05, 4.69) is 25.2 Å². The molecule has 1 amide bonds. The monoisotopic (exact) mass is 375 g/mol. The normalized spacial score (nSPS) is 11.1. The van der Waals surface area contributed by atoms with Crippen molar-refractivity contribution in [3.8, 4) is 10.6 Å². The smallest absolute Gasteiger partial charge is 0.263 e. The molecule has 0 radical (unpaired) electrons. The number of benzene rings is 1. The molecule has 10 heteroatoms. The highest BCUT2D eigenvalue weighted by molar-refractivity contribution is 7.93. The third kappa shape index (κ3) is 4.17. The Balaban J connectivity index is 1.78. The predicted octanol–water partition coefficient (Wildman–Crippen LogP) is 2.36. The molecule has 1 aromatic carbocycles. The van der Waals surface area contributed by atoms with Crippen LogP contribution in [0.3, 0.4) is 0 Å². The predicted molar refractivity (Wildman–Crippen MR) is 94.7 cm³/mol. The van der Waals surface area contributed by atoms with Gasteiger partial charge in [0.15, 0.2) is 0 Å². The summed E-state index contributed by atoms with van der Waals surface area (Å²) in [5, 5.41) is 11.2. The van der Waals surface area contributed by atoms with E-state index in [1.54, 1.807) is 24.5 Å². The van der Waals surface area contributed by atoms with Crippen LogP contribution in [0.15, 0.2) is 53.7 Å². The third-order valence-corrected chi connectivity index (χ3v) is 5.43. The lowest BCUT2D eigenvalue weighted by molar-refractivity contribution is -0.114. The molecule has 25 heavy (non-hydrogen) atoms. The summed E-state index contributed by atoms with van der Waals surface area (Å²) in [5.74, 6) is -0.230. The van der Waals surface area contributed by atoms with Crippen LogP contribution in [-0.4, -0.2) is 29.5 Å². The van der Waals surface area contributed by atoms with Gasteiger partial charge in [-0.25, -0.2) is 8.42 Å². The molecule has 2 heterocycles. The van der Waals surface area contributed by atoms with Gasteiger partial charge in [0, 0.05) is 30.6 Å². The van der Waals surface area contributed by atoms with Crippen LogP contribution >= 0.6 is 11.3 Å². The number of hydrogen-bond donors (Lipinski definition) is 2. The van der Waals surface area contributed by atoms with Gasteiger partial charge in [-0.3, -0.25) is 14.5 Å². The van der Waals surface area contributed by atoms with E-state index in [4.69, 9.17) is 0 Å². The van der Waals surface area contributed by atoms with Gasteiger partial charge in [0.2, 0.25) is 11.0 Å². The maximum Gasteiger partial charge on any atom is 0.263 e. The van der Waals surface area contributed by atoms with Crippen molar-refractivity contribution in [1.29, 1.82) is 0 Å². The quantitative estimate of drug-likeness (QED) is 0.708. The standard InChI is InChI=1S/C15H13N5O3S2/c1-10(21)17-12-2-4-13(5-3-12)25(22,23)20-15-19-18-14(24-15)11-6-8-16-9-7-11/h2-9H,1H3,(H,17,21)(H,19,20). The molecule has 8 nitrogen and oxygen atoms in total. The van der Waals surface area contributed by atoms with Gasteiger partial charge in [-0.1, -0.05) is 11.3 Å². The van der Waals surface area contributed by atoms with Crippen molar-refractivity contribution in [3.05, 3.63) is 48.8 Å². The number of nitrogens with one attached hydrogen (secondary N) is 2. The van der Waals surface area contributed by atoms with E-state index in [-0.39, 0.29) is 15.9 Å². The lowest BCUT2D eigenvalue weighted by Gasteiger charge is -2.06. The molecule has 0 aliphatic rings. The van der Waals surface area contributed by atoms with E-state index in [0.717, 1.165) is 16.9 Å². The molecule has 2 aromatic heterocycles. The summed E-state index contributed by atoms with van der Waals surface area (Å²) in [7, 11) is -3.79. The van der Waals surface area contributed by atoms with Gasteiger partial charge in [0.25, 0.3) is 10.0 Å². The van der Waals surface area contributed by atoms with Crippen LogP contribution in [0.25, 0.3) is 10.6 Å². The minimum atomic E-state index is -3.79. The zero-order valence-corrected chi connectivity index (χ0v) is 14.6. The van der Waals surface area contributed by atoms with Gasteiger partial charge in [0.05, 0.1) is 4.90 Å². The number of sulfonamides is 1. The first-order valence-corrected chi connectivity index (χ1v) is 9.38. The Morgan fingerprint density at radius 2 is 1.72 bits per heavy atom. The summed E-state index contributed by atoms with van der Waals surface area (Å²) in [5.41, 5.74) is 1.32. The van der Waals surface area contributed by atoms with Gasteiger partial charge in [-0.15, -0.1) is 10.2 Å². The third-order valence-electron chi connectivity index (χ3n) is 3.06. The average Bonchev–Trinajstić information content (AvgIpc) is 3.03. The fourth-order valence-electron chi connectivity index (χ4n) is 1.97. The van der Waals surface area contributed by atoms with Crippen molar-refractivity contribution in [2.75, 3.05) is 10.0 Å². The molecule has 0 saturated heterocycles. The van der Waals surface area contributed by atoms with Crippen molar-refractivity contribution in [2.24, 2.45) is 0 Å². The SMILES string of the molecule is CC(=O)Nc1ccc(S(=O)(=O)Nc2nnc(-c3ccncc3)s2)cc1. The van der Waals surface area contributed by atoms with Crippen LogP contribution in [-0.2, 0) is 14.8 Å². The van der Waals surface area contributed by atoms with Crippen LogP contribution in [0.2, 0.25) is 0 Å². The molecule has 0 fully saturated rings. The van der Waals surface area contributed by atoms with Gasteiger partial charge in [0.1, 0.15) is 5.01 Å². The molecule has 0 unspecified atom stereocenters. The molecular weight excluding hydrogens is 362 g/mol. The summed E-state index contributed by atoms with van der Waals surface area (Å²) in [6.07, 6.45) is 3.24. The largest absolute Gasteiger partial charge is 0.326 e. The van der Waals surface area contributed by atoms with Gasteiger partial charge in [-0.2, -0.15) is 0 Å². The first-order chi connectivity index (χ1) is 11.9. The lowest BCUT2D eigenvalue weighted by Crippen LogP contribution is -2.13. The second-order valence-corrected chi connectivity index (χ2v) is 7.62. The first-order valence-electron chi connectivity index (χ1n) is 7.08. The molecule has 0 aliphatic carbocycles. The van der Waals surface area contributed by atoms with Crippen LogP contribution < -0.4 is 10.0 Å². The van der Waals surface area contributed by atoms with E-state index in [9.17, 15) is 13.2 Å². The van der Waals surface area contributed by atoms with E-state index >= 15 is 0 Å².